The van der Waals surface area contributed by atoms with E-state index in [2.05, 4.69) is 71.4 Å². The summed E-state index contributed by atoms with van der Waals surface area (Å²) in [5, 5.41) is 14.8. The minimum Gasteiger partial charge on any atom is -0.473 e. The van der Waals surface area contributed by atoms with Crippen molar-refractivity contribution in [3.05, 3.63) is 76.9 Å². The number of hydrogen-bond donors (Lipinski definition) is 2. The molecule has 0 spiro atoms. The summed E-state index contributed by atoms with van der Waals surface area (Å²) in [7, 11) is 2.23. The van der Waals surface area contributed by atoms with Gasteiger partial charge in [-0.1, -0.05) is 60.2 Å². The number of nitrogens with zero attached hydrogens (tertiary/aromatic N) is 2. The smallest absolute Gasteiger partial charge is 0.414 e. The van der Waals surface area contributed by atoms with Gasteiger partial charge in [0.15, 0.2) is 0 Å². The van der Waals surface area contributed by atoms with Crippen LogP contribution in [0.25, 0.3) is 5.57 Å². The van der Waals surface area contributed by atoms with E-state index in [1.165, 1.54) is 62.3 Å². The van der Waals surface area contributed by atoms with Gasteiger partial charge in [-0.05, 0) is 61.5 Å². The lowest BCUT2D eigenvalue weighted by molar-refractivity contribution is -0.159. The van der Waals surface area contributed by atoms with E-state index < -0.39 is 11.9 Å². The lowest BCUT2D eigenvalue weighted by Crippen LogP contribution is -2.44. The number of allylic oxidation sites excluding steroid dienone is 2. The van der Waals surface area contributed by atoms with Gasteiger partial charge < -0.3 is 20.0 Å². The van der Waals surface area contributed by atoms with Gasteiger partial charge in [-0.25, -0.2) is 9.59 Å². The van der Waals surface area contributed by atoms with E-state index in [0.29, 0.717) is 0 Å². The SMILES string of the molecule is CN1CCN(CCCC2=C(Cc3ccccc3)Cc3ccccc32)CC1.O=C(O)C(=O)O. The highest BCUT2D eigenvalue weighted by atomic mass is 16.4. The van der Waals surface area contributed by atoms with Gasteiger partial charge in [0.1, 0.15) is 0 Å². The van der Waals surface area contributed by atoms with Crippen molar-refractivity contribution in [2.24, 2.45) is 0 Å². The minimum atomic E-state index is -1.82. The standard InChI is InChI=1S/C24H30N2.C2H2O4/c1-25-14-16-26(17-15-25)13-7-12-24-22(18-20-8-3-2-4-9-20)19-21-10-5-6-11-23(21)24;3-1(4)2(5)6/h2-6,8-11H,7,12-19H2,1H3;(H,3,4)(H,5,6). The summed E-state index contributed by atoms with van der Waals surface area (Å²) in [4.78, 5) is 23.3. The average molecular weight is 437 g/mol. The number of piperazine rings is 1. The molecule has 6 heteroatoms. The largest absolute Gasteiger partial charge is 0.473 e. The number of rotatable bonds is 6. The van der Waals surface area contributed by atoms with E-state index in [1.54, 1.807) is 11.1 Å². The van der Waals surface area contributed by atoms with Crippen molar-refractivity contribution in [2.45, 2.75) is 25.7 Å². The molecule has 0 amide bonds. The molecule has 4 rings (SSSR count). The van der Waals surface area contributed by atoms with Gasteiger partial charge in [0.05, 0.1) is 0 Å². The Morgan fingerprint density at radius 1 is 0.875 bits per heavy atom. The Bertz CT molecular complexity index is 935. The van der Waals surface area contributed by atoms with Gasteiger partial charge in [0, 0.05) is 26.2 Å². The van der Waals surface area contributed by atoms with Crippen LogP contribution >= 0.6 is 0 Å². The van der Waals surface area contributed by atoms with E-state index >= 15 is 0 Å². The summed E-state index contributed by atoms with van der Waals surface area (Å²) in [6, 6.07) is 20.0. The molecule has 0 radical (unpaired) electrons. The van der Waals surface area contributed by atoms with E-state index in [1.807, 2.05) is 0 Å². The minimum absolute atomic E-state index is 1.10. The van der Waals surface area contributed by atoms with Crippen molar-refractivity contribution in [3.63, 3.8) is 0 Å². The van der Waals surface area contributed by atoms with Crippen molar-refractivity contribution in [1.29, 1.82) is 0 Å². The second-order valence-corrected chi connectivity index (χ2v) is 8.44. The van der Waals surface area contributed by atoms with Crippen LogP contribution in [0.1, 0.15) is 29.5 Å². The van der Waals surface area contributed by atoms with Crippen LogP contribution in [0.15, 0.2) is 60.2 Å². The Hall–Kier alpha value is -2.96. The predicted octanol–water partition coefficient (Wildman–Crippen LogP) is 3.42. The molecule has 2 aromatic rings. The molecule has 32 heavy (non-hydrogen) atoms. The fourth-order valence-electron chi connectivity index (χ4n) is 4.37. The molecule has 0 unspecified atom stereocenters. The zero-order valence-corrected chi connectivity index (χ0v) is 18.7. The van der Waals surface area contributed by atoms with E-state index in [-0.39, 0.29) is 0 Å². The maximum Gasteiger partial charge on any atom is 0.414 e. The fourth-order valence-corrected chi connectivity index (χ4v) is 4.37. The monoisotopic (exact) mass is 436 g/mol. The van der Waals surface area contributed by atoms with Crippen LogP contribution in [-0.4, -0.2) is 71.7 Å². The average Bonchev–Trinajstić information content (AvgIpc) is 3.13. The molecule has 1 saturated heterocycles. The number of carboxylic acid groups (broad SMARTS) is 2. The number of carbonyl (C=O) groups is 2. The molecule has 0 saturated carbocycles. The first kappa shape index (κ1) is 23.7. The van der Waals surface area contributed by atoms with Crippen molar-refractivity contribution in [2.75, 3.05) is 39.8 Å². The molecule has 0 aromatic heterocycles. The Labute approximate surface area is 189 Å². The first-order valence-electron chi connectivity index (χ1n) is 11.1. The summed E-state index contributed by atoms with van der Waals surface area (Å²) in [6.07, 6.45) is 4.71. The molecule has 1 aliphatic carbocycles. The Morgan fingerprint density at radius 3 is 2.16 bits per heavy atom. The van der Waals surface area contributed by atoms with Gasteiger partial charge in [0.2, 0.25) is 0 Å². The van der Waals surface area contributed by atoms with E-state index in [9.17, 15) is 0 Å². The van der Waals surface area contributed by atoms with Crippen LogP contribution in [0.4, 0.5) is 0 Å². The number of aliphatic carboxylic acids is 2. The molecule has 0 bridgehead atoms. The lowest BCUT2D eigenvalue weighted by atomic mass is 9.97. The highest BCUT2D eigenvalue weighted by Crippen LogP contribution is 2.37. The molecule has 170 valence electrons. The second-order valence-electron chi connectivity index (χ2n) is 8.44. The molecule has 0 atom stereocenters. The quantitative estimate of drug-likeness (QED) is 0.676. The Balaban J connectivity index is 0.000000427. The number of benzene rings is 2. The summed E-state index contributed by atoms with van der Waals surface area (Å²) >= 11 is 0. The third-order valence-electron chi connectivity index (χ3n) is 6.11. The predicted molar refractivity (Wildman–Crippen MR) is 126 cm³/mol. The number of fused-ring (bicyclic) bond motifs is 1. The summed E-state index contributed by atoms with van der Waals surface area (Å²) in [6.45, 7) is 6.11. The van der Waals surface area contributed by atoms with Crippen LogP contribution in [0.5, 0.6) is 0 Å². The molecule has 1 fully saturated rings. The van der Waals surface area contributed by atoms with Crippen molar-refractivity contribution in [3.8, 4) is 0 Å². The third-order valence-corrected chi connectivity index (χ3v) is 6.11. The normalized spacial score (nSPS) is 16.3. The van der Waals surface area contributed by atoms with Crippen LogP contribution in [-0.2, 0) is 22.4 Å². The van der Waals surface area contributed by atoms with Crippen LogP contribution < -0.4 is 0 Å². The summed E-state index contributed by atoms with van der Waals surface area (Å²) in [5.74, 6) is -3.65. The molecular weight excluding hydrogens is 404 g/mol. The number of carboxylic acids is 2. The molecule has 6 nitrogen and oxygen atoms in total. The maximum atomic E-state index is 9.10. The third kappa shape index (κ3) is 6.77. The van der Waals surface area contributed by atoms with Gasteiger partial charge >= 0.3 is 11.9 Å². The number of likely N-dealkylation sites (N-methyl/N-ethyl adjacent to an activating group) is 1. The highest BCUT2D eigenvalue weighted by Gasteiger charge is 2.21. The zero-order chi connectivity index (χ0) is 22.9. The van der Waals surface area contributed by atoms with Crippen molar-refractivity contribution >= 4 is 17.5 Å². The molecule has 2 aliphatic rings. The van der Waals surface area contributed by atoms with Gasteiger partial charge in [0.25, 0.3) is 0 Å². The Morgan fingerprint density at radius 2 is 1.50 bits per heavy atom. The summed E-state index contributed by atoms with van der Waals surface area (Å²) < 4.78 is 0. The first-order chi connectivity index (χ1) is 15.4. The maximum absolute atomic E-state index is 9.10. The van der Waals surface area contributed by atoms with Crippen LogP contribution in [0, 0.1) is 0 Å². The van der Waals surface area contributed by atoms with Gasteiger partial charge in [-0.2, -0.15) is 0 Å². The highest BCUT2D eigenvalue weighted by molar-refractivity contribution is 6.27. The van der Waals surface area contributed by atoms with E-state index in [0.717, 1.165) is 12.8 Å². The van der Waals surface area contributed by atoms with Crippen molar-refractivity contribution < 1.29 is 19.8 Å². The lowest BCUT2D eigenvalue weighted by Gasteiger charge is -2.32. The second kappa shape index (κ2) is 11.6. The molecule has 1 heterocycles. The van der Waals surface area contributed by atoms with Gasteiger partial charge in [-0.15, -0.1) is 0 Å². The number of hydrogen-bond acceptors (Lipinski definition) is 4. The Kier molecular flexibility index (Phi) is 8.59. The topological polar surface area (TPSA) is 81.1 Å². The van der Waals surface area contributed by atoms with Crippen molar-refractivity contribution in [1.82, 2.24) is 9.80 Å². The van der Waals surface area contributed by atoms with E-state index in [4.69, 9.17) is 19.8 Å². The van der Waals surface area contributed by atoms with Crippen LogP contribution in [0.2, 0.25) is 0 Å². The molecule has 1 aliphatic heterocycles. The molecular formula is C26H32N2O4. The first-order valence-corrected chi connectivity index (χ1v) is 11.1. The summed E-state index contributed by atoms with van der Waals surface area (Å²) in [5.41, 5.74) is 7.73. The molecule has 2 N–H and O–H groups in total. The van der Waals surface area contributed by atoms with Gasteiger partial charge in [-0.3, -0.25) is 0 Å². The molecule has 2 aromatic carbocycles. The fraction of sp³-hybridized carbons (Fsp3) is 0.385. The van der Waals surface area contributed by atoms with Crippen LogP contribution in [0.3, 0.4) is 0 Å². The zero-order valence-electron chi connectivity index (χ0n) is 18.7.